The molecule has 0 N–H and O–H groups in total. The maximum atomic E-state index is 4.31. The van der Waals surface area contributed by atoms with Gasteiger partial charge in [-0.2, -0.15) is 0 Å². The number of nitrogens with zero attached hydrogens (tertiary/aromatic N) is 2. The molecule has 0 fully saturated rings. The smallest absolute Gasteiger partial charge is 0.132 e. The third kappa shape index (κ3) is 2.37. The fraction of sp³-hybridized carbons (Fsp3) is 0.400. The van der Waals surface area contributed by atoms with Crippen LogP contribution in [-0.2, 0) is 12.5 Å². The third-order valence-electron chi connectivity index (χ3n) is 3.25. The van der Waals surface area contributed by atoms with Gasteiger partial charge in [0.05, 0.1) is 12.0 Å². The van der Waals surface area contributed by atoms with Crippen LogP contribution in [0.1, 0.15) is 31.9 Å². The van der Waals surface area contributed by atoms with Gasteiger partial charge in [0.15, 0.2) is 0 Å². The molecule has 0 aliphatic carbocycles. The van der Waals surface area contributed by atoms with Gasteiger partial charge in [0.1, 0.15) is 4.60 Å². The Morgan fingerprint density at radius 2 is 1.89 bits per heavy atom. The number of aromatic nitrogens is 2. The number of imidazole rings is 1. The van der Waals surface area contributed by atoms with Crippen LogP contribution in [0.15, 0.2) is 29.1 Å². The quantitative estimate of drug-likeness (QED) is 0.761. The molecular formula is C15H19BrN2. The van der Waals surface area contributed by atoms with Crippen molar-refractivity contribution in [3.63, 3.8) is 0 Å². The van der Waals surface area contributed by atoms with Gasteiger partial charge >= 0.3 is 0 Å². The maximum Gasteiger partial charge on any atom is 0.132 e. The van der Waals surface area contributed by atoms with Crippen molar-refractivity contribution < 1.29 is 0 Å². The van der Waals surface area contributed by atoms with Crippen LogP contribution in [0.25, 0.3) is 11.3 Å². The second kappa shape index (κ2) is 4.54. The first-order chi connectivity index (χ1) is 8.30. The molecular weight excluding hydrogens is 288 g/mol. The molecule has 18 heavy (non-hydrogen) atoms. The van der Waals surface area contributed by atoms with Gasteiger partial charge in [-0.25, -0.2) is 4.98 Å². The number of rotatable bonds is 1. The Hall–Kier alpha value is -1.09. The van der Waals surface area contributed by atoms with Gasteiger partial charge in [-0.1, -0.05) is 32.9 Å². The van der Waals surface area contributed by atoms with E-state index in [2.05, 4.69) is 71.4 Å². The molecule has 0 atom stereocenters. The van der Waals surface area contributed by atoms with Gasteiger partial charge in [-0.15, -0.1) is 0 Å². The Labute approximate surface area is 117 Å². The zero-order chi connectivity index (χ0) is 13.5. The molecule has 0 spiro atoms. The molecule has 0 unspecified atom stereocenters. The van der Waals surface area contributed by atoms with Crippen LogP contribution in [0.3, 0.4) is 0 Å². The highest BCUT2D eigenvalue weighted by atomic mass is 79.9. The monoisotopic (exact) mass is 306 g/mol. The molecule has 1 aromatic carbocycles. The van der Waals surface area contributed by atoms with Gasteiger partial charge in [-0.3, -0.25) is 0 Å². The van der Waals surface area contributed by atoms with E-state index in [0.717, 1.165) is 10.3 Å². The van der Waals surface area contributed by atoms with Gasteiger partial charge in [-0.05, 0) is 45.5 Å². The minimum Gasteiger partial charge on any atom is -0.333 e. The predicted octanol–water partition coefficient (Wildman–Crippen LogP) is 4.46. The Balaban J connectivity index is 2.65. The molecule has 1 aromatic heterocycles. The molecule has 0 saturated carbocycles. The molecule has 1 heterocycles. The summed E-state index contributed by atoms with van der Waals surface area (Å²) in [5.41, 5.74) is 5.16. The summed E-state index contributed by atoms with van der Waals surface area (Å²) < 4.78 is 2.96. The van der Waals surface area contributed by atoms with E-state index in [1.165, 1.54) is 16.7 Å². The van der Waals surface area contributed by atoms with Gasteiger partial charge in [0.2, 0.25) is 0 Å². The predicted molar refractivity (Wildman–Crippen MR) is 79.8 cm³/mol. The summed E-state index contributed by atoms with van der Waals surface area (Å²) in [5, 5.41) is 0. The molecule has 0 bridgehead atoms. The second-order valence-corrected chi connectivity index (χ2v) is 6.53. The van der Waals surface area contributed by atoms with Crippen molar-refractivity contribution in [3.05, 3.63) is 40.3 Å². The van der Waals surface area contributed by atoms with Crippen molar-refractivity contribution in [3.8, 4) is 11.3 Å². The Bertz CT molecular complexity index is 557. The molecule has 96 valence electrons. The standard InChI is InChI=1S/C15H19BrN2/c1-10-6-7-11(15(2,3)4)8-12(10)13-14(16)17-9-18(13)5/h6-9H,1-5H3. The Kier molecular flexibility index (Phi) is 3.37. The lowest BCUT2D eigenvalue weighted by Crippen LogP contribution is -2.11. The molecule has 2 rings (SSSR count). The minimum atomic E-state index is 0.160. The summed E-state index contributed by atoms with van der Waals surface area (Å²) in [4.78, 5) is 4.31. The summed E-state index contributed by atoms with van der Waals surface area (Å²) >= 11 is 3.53. The van der Waals surface area contributed by atoms with Crippen LogP contribution in [0, 0.1) is 6.92 Å². The summed E-state index contributed by atoms with van der Waals surface area (Å²) in [6.07, 6.45) is 1.84. The van der Waals surface area contributed by atoms with E-state index in [-0.39, 0.29) is 5.41 Å². The van der Waals surface area contributed by atoms with Crippen molar-refractivity contribution in [2.45, 2.75) is 33.1 Å². The van der Waals surface area contributed by atoms with E-state index < -0.39 is 0 Å². The average Bonchev–Trinajstić information content (AvgIpc) is 2.58. The second-order valence-electron chi connectivity index (χ2n) is 5.77. The van der Waals surface area contributed by atoms with Crippen LogP contribution in [0.4, 0.5) is 0 Å². The fourth-order valence-electron chi connectivity index (χ4n) is 2.05. The molecule has 2 aromatic rings. The first kappa shape index (κ1) is 13.3. The van der Waals surface area contributed by atoms with E-state index in [1.54, 1.807) is 0 Å². The lowest BCUT2D eigenvalue weighted by Gasteiger charge is -2.21. The van der Waals surface area contributed by atoms with Crippen molar-refractivity contribution in [1.82, 2.24) is 9.55 Å². The largest absolute Gasteiger partial charge is 0.333 e. The molecule has 0 saturated heterocycles. The highest BCUT2D eigenvalue weighted by molar-refractivity contribution is 9.10. The zero-order valence-electron chi connectivity index (χ0n) is 11.6. The van der Waals surface area contributed by atoms with Crippen molar-refractivity contribution in [2.75, 3.05) is 0 Å². The Morgan fingerprint density at radius 3 is 2.39 bits per heavy atom. The molecule has 3 heteroatoms. The number of aryl methyl sites for hydroxylation is 2. The van der Waals surface area contributed by atoms with E-state index in [9.17, 15) is 0 Å². The van der Waals surface area contributed by atoms with Crippen LogP contribution in [-0.4, -0.2) is 9.55 Å². The number of hydrogen-bond acceptors (Lipinski definition) is 1. The van der Waals surface area contributed by atoms with E-state index in [0.29, 0.717) is 0 Å². The lowest BCUT2D eigenvalue weighted by atomic mass is 9.85. The summed E-state index contributed by atoms with van der Waals surface area (Å²) in [6.45, 7) is 8.85. The number of hydrogen-bond donors (Lipinski definition) is 0. The van der Waals surface area contributed by atoms with E-state index >= 15 is 0 Å². The summed E-state index contributed by atoms with van der Waals surface area (Å²) in [6, 6.07) is 6.68. The van der Waals surface area contributed by atoms with Crippen LogP contribution >= 0.6 is 15.9 Å². The highest BCUT2D eigenvalue weighted by Gasteiger charge is 2.17. The van der Waals surface area contributed by atoms with Gasteiger partial charge in [0.25, 0.3) is 0 Å². The normalized spacial score (nSPS) is 11.9. The average molecular weight is 307 g/mol. The van der Waals surface area contributed by atoms with Crippen LogP contribution in [0.2, 0.25) is 0 Å². The molecule has 0 aliphatic rings. The summed E-state index contributed by atoms with van der Waals surface area (Å²) in [5.74, 6) is 0. The third-order valence-corrected chi connectivity index (χ3v) is 3.83. The minimum absolute atomic E-state index is 0.160. The zero-order valence-corrected chi connectivity index (χ0v) is 13.2. The van der Waals surface area contributed by atoms with Crippen LogP contribution < -0.4 is 0 Å². The van der Waals surface area contributed by atoms with Crippen molar-refractivity contribution >= 4 is 15.9 Å². The summed E-state index contributed by atoms with van der Waals surface area (Å²) in [7, 11) is 2.02. The number of halogens is 1. The van der Waals surface area contributed by atoms with Gasteiger partial charge in [0, 0.05) is 12.6 Å². The lowest BCUT2D eigenvalue weighted by molar-refractivity contribution is 0.590. The van der Waals surface area contributed by atoms with E-state index in [1.807, 2.05) is 13.4 Å². The maximum absolute atomic E-state index is 4.31. The van der Waals surface area contributed by atoms with E-state index in [4.69, 9.17) is 0 Å². The molecule has 0 amide bonds. The molecule has 0 aliphatic heterocycles. The van der Waals surface area contributed by atoms with Crippen LogP contribution in [0.5, 0.6) is 0 Å². The number of benzene rings is 1. The SMILES string of the molecule is Cc1ccc(C(C)(C)C)cc1-c1c(Br)ncn1C. The molecule has 2 nitrogen and oxygen atoms in total. The highest BCUT2D eigenvalue weighted by Crippen LogP contribution is 2.33. The first-order valence-electron chi connectivity index (χ1n) is 6.09. The fourth-order valence-corrected chi connectivity index (χ4v) is 2.63. The van der Waals surface area contributed by atoms with Gasteiger partial charge < -0.3 is 4.57 Å². The first-order valence-corrected chi connectivity index (χ1v) is 6.88. The van der Waals surface area contributed by atoms with Crippen molar-refractivity contribution in [1.29, 1.82) is 0 Å². The Morgan fingerprint density at radius 1 is 1.22 bits per heavy atom. The molecule has 0 radical (unpaired) electrons. The topological polar surface area (TPSA) is 17.8 Å². The van der Waals surface area contributed by atoms with Crippen molar-refractivity contribution in [2.24, 2.45) is 7.05 Å².